The van der Waals surface area contributed by atoms with Crippen molar-refractivity contribution in [2.24, 2.45) is 5.92 Å². The highest BCUT2D eigenvalue weighted by Gasteiger charge is 2.38. The molecule has 5 heterocycles. The van der Waals surface area contributed by atoms with Crippen LogP contribution in [-0.4, -0.2) is 61.9 Å². The van der Waals surface area contributed by atoms with Gasteiger partial charge in [-0.2, -0.15) is 0 Å². The lowest BCUT2D eigenvalue weighted by Gasteiger charge is -2.44. The van der Waals surface area contributed by atoms with Crippen molar-refractivity contribution in [3.8, 4) is 11.5 Å². The Kier molecular flexibility index (Phi) is 10.7. The van der Waals surface area contributed by atoms with Crippen molar-refractivity contribution in [2.75, 3.05) is 38.8 Å². The van der Waals surface area contributed by atoms with Crippen LogP contribution in [0.15, 0.2) is 67.0 Å². The SMILES string of the molecule is COc1ccc([C@H](Cc2c(Cl)cncc2Cl)OC(=O)c2ccc(CN(C(=O)O[C@H]3CN4CCC3CC4)c3ccccc3F)s2)cc1OC. The van der Waals surface area contributed by atoms with E-state index < -0.39 is 24.0 Å². The van der Waals surface area contributed by atoms with E-state index in [4.69, 9.17) is 42.1 Å². The van der Waals surface area contributed by atoms with Crippen LogP contribution in [0.1, 0.15) is 44.6 Å². The lowest BCUT2D eigenvalue weighted by molar-refractivity contribution is -0.0311. The highest BCUT2D eigenvalue weighted by Crippen LogP contribution is 2.37. The number of esters is 1. The summed E-state index contributed by atoms with van der Waals surface area (Å²) in [5.41, 5.74) is 1.29. The predicted molar refractivity (Wildman–Crippen MR) is 182 cm³/mol. The fourth-order valence-electron chi connectivity index (χ4n) is 6.17. The maximum Gasteiger partial charge on any atom is 0.415 e. The number of hydrogen-bond acceptors (Lipinski definition) is 9. The summed E-state index contributed by atoms with van der Waals surface area (Å²) in [7, 11) is 3.05. The van der Waals surface area contributed by atoms with E-state index in [1.807, 2.05) is 0 Å². The van der Waals surface area contributed by atoms with E-state index in [1.54, 1.807) is 48.5 Å². The van der Waals surface area contributed by atoms with Crippen LogP contribution >= 0.6 is 34.5 Å². The van der Waals surface area contributed by atoms with Gasteiger partial charge >= 0.3 is 12.1 Å². The van der Waals surface area contributed by atoms with Crippen LogP contribution in [0.4, 0.5) is 14.9 Å². The van der Waals surface area contributed by atoms with Gasteiger partial charge in [0.1, 0.15) is 22.9 Å². The monoisotopic (exact) mass is 713 g/mol. The van der Waals surface area contributed by atoms with Crippen molar-refractivity contribution >= 4 is 52.3 Å². The number of pyridine rings is 1. The first-order chi connectivity index (χ1) is 23.2. The molecule has 252 valence electrons. The maximum absolute atomic E-state index is 15.0. The molecule has 48 heavy (non-hydrogen) atoms. The van der Waals surface area contributed by atoms with Crippen LogP contribution in [0.3, 0.4) is 0 Å². The van der Waals surface area contributed by atoms with Gasteiger partial charge in [-0.15, -0.1) is 11.3 Å². The average molecular weight is 715 g/mol. The quantitative estimate of drug-likeness (QED) is 0.145. The normalized spacial score (nSPS) is 19.0. The first kappa shape index (κ1) is 34.0. The van der Waals surface area contributed by atoms with Crippen LogP contribution < -0.4 is 14.4 Å². The molecule has 2 bridgehead atoms. The second kappa shape index (κ2) is 15.1. The number of halogens is 3. The number of nitrogens with zero attached hydrogens (tertiary/aromatic N) is 3. The van der Waals surface area contributed by atoms with E-state index >= 15 is 4.39 Å². The van der Waals surface area contributed by atoms with Crippen LogP contribution in [0.25, 0.3) is 0 Å². The Hall–Kier alpha value is -3.90. The van der Waals surface area contributed by atoms with Gasteiger partial charge in [0, 0.05) is 30.2 Å². The van der Waals surface area contributed by atoms with Crippen LogP contribution in [0.5, 0.6) is 11.5 Å². The highest BCUT2D eigenvalue weighted by atomic mass is 35.5. The fraction of sp³-hybridized carbons (Fsp3) is 0.343. The summed E-state index contributed by atoms with van der Waals surface area (Å²) in [6.07, 6.45) is 3.36. The number of hydrogen-bond donors (Lipinski definition) is 0. The lowest BCUT2D eigenvalue weighted by Crippen LogP contribution is -2.53. The Bertz CT molecular complexity index is 1760. The molecule has 4 aromatic rings. The van der Waals surface area contributed by atoms with Gasteiger partial charge in [0.25, 0.3) is 0 Å². The largest absolute Gasteiger partial charge is 0.493 e. The molecule has 13 heteroatoms. The minimum atomic E-state index is -0.813. The summed E-state index contributed by atoms with van der Waals surface area (Å²) >= 11 is 14.0. The molecule has 1 amide bonds. The van der Waals surface area contributed by atoms with Gasteiger partial charge in [-0.1, -0.05) is 41.4 Å². The highest BCUT2D eigenvalue weighted by molar-refractivity contribution is 7.14. The lowest BCUT2D eigenvalue weighted by atomic mass is 9.86. The molecule has 2 aromatic carbocycles. The van der Waals surface area contributed by atoms with Crippen molar-refractivity contribution in [2.45, 2.75) is 38.0 Å². The number of amides is 1. The minimum Gasteiger partial charge on any atom is -0.493 e. The van der Waals surface area contributed by atoms with E-state index in [-0.39, 0.29) is 24.8 Å². The van der Waals surface area contributed by atoms with E-state index in [9.17, 15) is 9.59 Å². The van der Waals surface area contributed by atoms with E-state index in [0.717, 1.165) is 37.3 Å². The molecule has 0 spiro atoms. The third-order valence-electron chi connectivity index (χ3n) is 8.76. The van der Waals surface area contributed by atoms with Crippen molar-refractivity contribution in [3.63, 3.8) is 0 Å². The molecule has 7 rings (SSSR count). The summed E-state index contributed by atoms with van der Waals surface area (Å²) in [5, 5.41) is 0.668. The number of ether oxygens (including phenoxy) is 4. The number of methoxy groups -OCH3 is 2. The fourth-order valence-corrected chi connectivity index (χ4v) is 7.57. The van der Waals surface area contributed by atoms with Gasteiger partial charge < -0.3 is 18.9 Å². The molecule has 3 saturated heterocycles. The Morgan fingerprint density at radius 1 is 1.02 bits per heavy atom. The molecule has 0 saturated carbocycles. The zero-order valence-corrected chi connectivity index (χ0v) is 28.7. The van der Waals surface area contributed by atoms with Crippen molar-refractivity contribution in [1.82, 2.24) is 9.88 Å². The standard InChI is InChI=1S/C35H34Cl2FN3O6S/c1-44-29-9-7-22(15-31(29)45-2)30(16-24-25(36)17-39-18-26(24)37)46-34(42)33-10-8-23(48-33)19-41(28-6-4-3-5-27(28)38)35(43)47-32-20-40-13-11-21(32)12-14-40/h3-10,15,17-18,21,30,32H,11-14,16,19-20H2,1-2H3/t30-,32-/m0/s1. The van der Waals surface area contributed by atoms with Gasteiger partial charge in [0.2, 0.25) is 0 Å². The first-order valence-corrected chi connectivity index (χ1v) is 17.1. The van der Waals surface area contributed by atoms with Gasteiger partial charge in [0.15, 0.2) is 11.5 Å². The Morgan fingerprint density at radius 3 is 2.42 bits per heavy atom. The third-order valence-corrected chi connectivity index (χ3v) is 10.5. The zero-order chi connectivity index (χ0) is 33.8. The number of piperidine rings is 3. The molecule has 2 aromatic heterocycles. The second-order valence-corrected chi connectivity index (χ2v) is 13.6. The van der Waals surface area contributed by atoms with Crippen molar-refractivity contribution in [1.29, 1.82) is 0 Å². The second-order valence-electron chi connectivity index (χ2n) is 11.7. The number of carbonyl (C=O) groups is 2. The summed E-state index contributed by atoms with van der Waals surface area (Å²) in [5.74, 6) is 0.117. The summed E-state index contributed by atoms with van der Waals surface area (Å²) in [4.78, 5) is 35.8. The van der Waals surface area contributed by atoms with Gasteiger partial charge in [-0.3, -0.25) is 14.8 Å². The third kappa shape index (κ3) is 7.54. The molecule has 3 fully saturated rings. The molecule has 0 N–H and O–H groups in total. The number of fused-ring (bicyclic) bond motifs is 3. The Labute approximate surface area is 292 Å². The number of anilines is 1. The van der Waals surface area contributed by atoms with Crippen LogP contribution in [0.2, 0.25) is 10.0 Å². The average Bonchev–Trinajstić information content (AvgIpc) is 3.58. The Morgan fingerprint density at radius 2 is 1.75 bits per heavy atom. The minimum absolute atomic E-state index is 0.000152. The van der Waals surface area contributed by atoms with Crippen LogP contribution in [-0.2, 0) is 22.4 Å². The van der Waals surface area contributed by atoms with Gasteiger partial charge in [-0.05, 0) is 79.4 Å². The smallest absolute Gasteiger partial charge is 0.415 e. The molecule has 2 atom stereocenters. The van der Waals surface area contributed by atoms with E-state index in [1.165, 1.54) is 37.6 Å². The predicted octanol–water partition coefficient (Wildman–Crippen LogP) is 7.98. The van der Waals surface area contributed by atoms with Crippen molar-refractivity contribution in [3.05, 3.63) is 104 Å². The van der Waals surface area contributed by atoms with E-state index in [2.05, 4.69) is 9.88 Å². The van der Waals surface area contributed by atoms with Crippen molar-refractivity contribution < 1.29 is 32.9 Å². The molecule has 3 aliphatic heterocycles. The first-order valence-electron chi connectivity index (χ1n) is 15.5. The number of thiophene rings is 1. The van der Waals surface area contributed by atoms with Gasteiger partial charge in [-0.25, -0.2) is 14.0 Å². The zero-order valence-electron chi connectivity index (χ0n) is 26.4. The number of benzene rings is 2. The summed E-state index contributed by atoms with van der Waals surface area (Å²) in [6, 6.07) is 14.6. The molecule has 0 aliphatic carbocycles. The molecule has 0 unspecified atom stereocenters. The summed E-state index contributed by atoms with van der Waals surface area (Å²) < 4.78 is 38.0. The number of carbonyl (C=O) groups excluding carboxylic acids is 2. The molecule has 9 nitrogen and oxygen atoms in total. The molecule has 3 aliphatic rings. The molecule has 0 radical (unpaired) electrons. The van der Waals surface area contributed by atoms with Crippen LogP contribution in [0, 0.1) is 11.7 Å². The maximum atomic E-state index is 15.0. The molecular weight excluding hydrogens is 680 g/mol. The van der Waals surface area contributed by atoms with E-state index in [0.29, 0.717) is 54.9 Å². The number of rotatable bonds is 11. The number of aromatic nitrogens is 1. The molecular formula is C35H34Cl2FN3O6S. The Balaban J connectivity index is 1.23. The van der Waals surface area contributed by atoms with Gasteiger partial charge in [0.05, 0.1) is 36.5 Å². The summed E-state index contributed by atoms with van der Waals surface area (Å²) in [6.45, 7) is 2.67. The topological polar surface area (TPSA) is 90.4 Å². The number of para-hydroxylation sites is 1.